The number of aryl methyl sites for hydroxylation is 1. The van der Waals surface area contributed by atoms with Crippen LogP contribution in [0.1, 0.15) is 31.9 Å². The normalized spacial score (nSPS) is 13.2. The Kier molecular flexibility index (Phi) is 6.41. The van der Waals surface area contributed by atoms with Crippen LogP contribution in [0.4, 0.5) is 0 Å². The van der Waals surface area contributed by atoms with Gasteiger partial charge < -0.3 is 5.11 Å². The molecule has 0 spiro atoms. The first kappa shape index (κ1) is 16.7. The molecule has 2 heteroatoms. The lowest BCUT2D eigenvalue weighted by Crippen LogP contribution is -2.08. The third-order valence-corrected chi connectivity index (χ3v) is 3.26. The Morgan fingerprint density at radius 1 is 1.29 bits per heavy atom. The summed E-state index contributed by atoms with van der Waals surface area (Å²) < 4.78 is 0. The largest absolute Gasteiger partial charge is 0.507 e. The zero-order valence-electron chi connectivity index (χ0n) is 13.1. The molecule has 0 saturated heterocycles. The second kappa shape index (κ2) is 8.05. The average Bonchev–Trinajstić information content (AvgIpc) is 2.47. The molecule has 21 heavy (non-hydrogen) atoms. The van der Waals surface area contributed by atoms with Crippen molar-refractivity contribution in [2.24, 2.45) is 4.99 Å². The van der Waals surface area contributed by atoms with Crippen LogP contribution in [-0.2, 0) is 6.42 Å². The fourth-order valence-corrected chi connectivity index (χ4v) is 1.76. The summed E-state index contributed by atoms with van der Waals surface area (Å²) in [6.45, 7) is 12.8. The number of phenols is 1. The van der Waals surface area contributed by atoms with E-state index in [-0.39, 0.29) is 0 Å². The van der Waals surface area contributed by atoms with Crippen molar-refractivity contribution in [2.45, 2.75) is 27.2 Å². The van der Waals surface area contributed by atoms with E-state index in [1.165, 1.54) is 5.57 Å². The summed E-state index contributed by atoms with van der Waals surface area (Å²) in [4.78, 5) is 4.43. The van der Waals surface area contributed by atoms with Gasteiger partial charge in [-0.3, -0.25) is 0 Å². The van der Waals surface area contributed by atoms with Crippen molar-refractivity contribution in [1.82, 2.24) is 0 Å². The lowest BCUT2D eigenvalue weighted by Gasteiger charge is -2.16. The molecule has 0 bridgehead atoms. The summed E-state index contributed by atoms with van der Waals surface area (Å²) in [7, 11) is 0. The van der Waals surface area contributed by atoms with Crippen LogP contribution < -0.4 is 0 Å². The maximum Gasteiger partial charge on any atom is 0.125 e. The summed E-state index contributed by atoms with van der Waals surface area (Å²) >= 11 is 0. The van der Waals surface area contributed by atoms with Crippen molar-refractivity contribution >= 4 is 5.71 Å². The molecular weight excluding hydrogens is 258 g/mol. The van der Waals surface area contributed by atoms with E-state index in [1.54, 1.807) is 12.2 Å². The van der Waals surface area contributed by atoms with Crippen molar-refractivity contribution in [2.75, 3.05) is 0 Å². The number of allylic oxidation sites excluding steroid dienone is 5. The van der Waals surface area contributed by atoms with E-state index in [9.17, 15) is 5.11 Å². The molecule has 0 aromatic heterocycles. The number of benzene rings is 1. The number of rotatable bonds is 4. The first-order valence-electron chi connectivity index (χ1n) is 7.06. The number of phenolic OH excluding ortho intramolecular Hbond substituents is 1. The quantitative estimate of drug-likeness (QED) is 0.777. The van der Waals surface area contributed by atoms with Gasteiger partial charge in [0, 0.05) is 5.56 Å². The summed E-state index contributed by atoms with van der Waals surface area (Å²) in [5.74, 6) is 0.316. The standard InChI is InChI=1S/C15H17NO.C4H6/c1-4-10(3)13-9-14(16-13)12-7-6-11(5-2)8-15(12)17;1-3-4-2/h4,6-9,17H,5H2,1-3H3;3-4H,1-2H2/b10-4+;. The highest BCUT2D eigenvalue weighted by atomic mass is 16.3. The van der Waals surface area contributed by atoms with Gasteiger partial charge in [0.05, 0.1) is 11.4 Å². The Morgan fingerprint density at radius 2 is 1.90 bits per heavy atom. The lowest BCUT2D eigenvalue weighted by molar-refractivity contribution is 0.473. The minimum atomic E-state index is 0.316. The molecule has 2 nitrogen and oxygen atoms in total. The van der Waals surface area contributed by atoms with Gasteiger partial charge in [-0.25, -0.2) is 4.99 Å². The minimum absolute atomic E-state index is 0.316. The zero-order chi connectivity index (χ0) is 15.8. The molecular formula is C19H23NO. The third-order valence-electron chi connectivity index (χ3n) is 3.26. The Labute approximate surface area is 127 Å². The highest BCUT2D eigenvalue weighted by Gasteiger charge is 2.16. The molecule has 1 heterocycles. The smallest absolute Gasteiger partial charge is 0.125 e. The van der Waals surface area contributed by atoms with E-state index in [4.69, 9.17) is 0 Å². The third kappa shape index (κ3) is 4.32. The topological polar surface area (TPSA) is 32.6 Å². The summed E-state index contributed by atoms with van der Waals surface area (Å²) in [5, 5.41) is 9.92. The maximum absolute atomic E-state index is 9.92. The van der Waals surface area contributed by atoms with Crippen molar-refractivity contribution < 1.29 is 5.11 Å². The first-order chi connectivity index (χ1) is 10.1. The monoisotopic (exact) mass is 281 g/mol. The van der Waals surface area contributed by atoms with Gasteiger partial charge in [-0.2, -0.15) is 0 Å². The highest BCUT2D eigenvalue weighted by Crippen LogP contribution is 2.27. The molecule has 110 valence electrons. The predicted molar refractivity (Wildman–Crippen MR) is 91.9 cm³/mol. The molecule has 1 aromatic carbocycles. The van der Waals surface area contributed by atoms with E-state index in [0.29, 0.717) is 5.75 Å². The van der Waals surface area contributed by atoms with Crippen molar-refractivity contribution in [3.63, 3.8) is 0 Å². The molecule has 0 atom stereocenters. The van der Waals surface area contributed by atoms with Gasteiger partial charge in [-0.05, 0) is 49.6 Å². The molecule has 1 aliphatic rings. The van der Waals surface area contributed by atoms with E-state index in [0.717, 1.165) is 29.0 Å². The SMILES string of the molecule is C/C=C(\C)C1=CC(c2ccc(CC)cc2O)=N1.C=CC=C. The molecule has 0 aliphatic carbocycles. The van der Waals surface area contributed by atoms with Gasteiger partial charge in [0.1, 0.15) is 5.75 Å². The molecule has 1 aromatic rings. The lowest BCUT2D eigenvalue weighted by atomic mass is 9.99. The van der Waals surface area contributed by atoms with Crippen LogP contribution in [0.15, 0.2) is 71.9 Å². The van der Waals surface area contributed by atoms with Gasteiger partial charge in [-0.15, -0.1) is 0 Å². The Bertz CT molecular complexity index is 612. The van der Waals surface area contributed by atoms with Gasteiger partial charge in [0.25, 0.3) is 0 Å². The van der Waals surface area contributed by atoms with Crippen LogP contribution in [0.25, 0.3) is 0 Å². The summed E-state index contributed by atoms with van der Waals surface area (Å²) in [6.07, 6.45) is 8.25. The Balaban J connectivity index is 0.000000491. The zero-order valence-corrected chi connectivity index (χ0v) is 13.1. The van der Waals surface area contributed by atoms with Crippen LogP contribution in [0.3, 0.4) is 0 Å². The van der Waals surface area contributed by atoms with Gasteiger partial charge in [0.2, 0.25) is 0 Å². The van der Waals surface area contributed by atoms with Crippen LogP contribution in [0.5, 0.6) is 5.75 Å². The fraction of sp³-hybridized carbons (Fsp3) is 0.211. The Morgan fingerprint density at radius 3 is 2.33 bits per heavy atom. The predicted octanol–water partition coefficient (Wildman–Crippen LogP) is 4.97. The second-order valence-corrected chi connectivity index (χ2v) is 4.67. The average molecular weight is 281 g/mol. The van der Waals surface area contributed by atoms with Crippen molar-refractivity contribution in [3.05, 3.63) is 78.1 Å². The van der Waals surface area contributed by atoms with Crippen LogP contribution in [-0.4, -0.2) is 10.8 Å². The van der Waals surface area contributed by atoms with Crippen molar-refractivity contribution in [3.8, 4) is 5.75 Å². The van der Waals surface area contributed by atoms with Crippen LogP contribution in [0, 0.1) is 0 Å². The second-order valence-electron chi connectivity index (χ2n) is 4.67. The molecule has 2 rings (SSSR count). The van der Waals surface area contributed by atoms with E-state index in [2.05, 4.69) is 25.1 Å². The molecule has 0 amide bonds. The fourth-order valence-electron chi connectivity index (χ4n) is 1.76. The molecule has 1 N–H and O–H groups in total. The van der Waals surface area contributed by atoms with E-state index < -0.39 is 0 Å². The molecule has 0 unspecified atom stereocenters. The number of nitrogens with zero attached hydrogens (tertiary/aromatic N) is 1. The maximum atomic E-state index is 9.92. The van der Waals surface area contributed by atoms with Gasteiger partial charge in [0.15, 0.2) is 0 Å². The molecule has 1 aliphatic heterocycles. The minimum Gasteiger partial charge on any atom is -0.507 e. The molecule has 0 radical (unpaired) electrons. The van der Waals surface area contributed by atoms with E-state index in [1.807, 2.05) is 44.2 Å². The van der Waals surface area contributed by atoms with Gasteiger partial charge in [-0.1, -0.05) is 44.4 Å². The van der Waals surface area contributed by atoms with E-state index >= 15 is 0 Å². The van der Waals surface area contributed by atoms with Crippen LogP contribution >= 0.6 is 0 Å². The highest BCUT2D eigenvalue weighted by molar-refractivity contribution is 6.15. The summed E-state index contributed by atoms with van der Waals surface area (Å²) in [5.41, 5.74) is 4.98. The van der Waals surface area contributed by atoms with Crippen LogP contribution in [0.2, 0.25) is 0 Å². The molecule has 0 saturated carbocycles. The number of hydrogen-bond acceptors (Lipinski definition) is 2. The summed E-state index contributed by atoms with van der Waals surface area (Å²) in [6, 6.07) is 5.78. The number of aliphatic imine (C=N–C) groups is 1. The number of aromatic hydroxyl groups is 1. The van der Waals surface area contributed by atoms with Crippen molar-refractivity contribution in [1.29, 1.82) is 0 Å². The first-order valence-corrected chi connectivity index (χ1v) is 7.06. The number of hydrogen-bond donors (Lipinski definition) is 1. The Hall–Kier alpha value is -2.35. The molecule has 0 fully saturated rings. The van der Waals surface area contributed by atoms with Gasteiger partial charge >= 0.3 is 0 Å².